The minimum absolute atomic E-state index is 0.0125. The molecule has 22 heavy (non-hydrogen) atoms. The summed E-state index contributed by atoms with van der Waals surface area (Å²) in [5.41, 5.74) is 1.22. The van der Waals surface area contributed by atoms with Crippen LogP contribution in [-0.2, 0) is 11.4 Å². The third-order valence-corrected chi connectivity index (χ3v) is 2.98. The van der Waals surface area contributed by atoms with E-state index >= 15 is 0 Å². The van der Waals surface area contributed by atoms with Crippen LogP contribution in [0.15, 0.2) is 58.2 Å². The number of nitrogens with zero attached hydrogens (tertiary/aromatic N) is 1. The van der Waals surface area contributed by atoms with E-state index in [0.29, 0.717) is 5.56 Å². The van der Waals surface area contributed by atoms with Crippen molar-refractivity contribution in [2.24, 2.45) is 5.16 Å². The molecule has 2 rings (SSSR count). The lowest BCUT2D eigenvalue weighted by atomic mass is 10.2. The Bertz CT molecular complexity index is 642. The lowest BCUT2D eigenvalue weighted by Crippen LogP contribution is -2.17. The molecule has 0 heterocycles. The average Bonchev–Trinajstić information content (AvgIpc) is 2.44. The first-order valence-corrected chi connectivity index (χ1v) is 6.90. The van der Waals surface area contributed by atoms with E-state index in [9.17, 15) is 13.2 Å². The van der Waals surface area contributed by atoms with Gasteiger partial charge in [0.1, 0.15) is 18.6 Å². The second kappa shape index (κ2) is 7.31. The minimum atomic E-state index is -4.72. The van der Waals surface area contributed by atoms with E-state index < -0.39 is 6.36 Å². The molecule has 7 heteroatoms. The molecule has 0 atom stereocenters. The highest BCUT2D eigenvalue weighted by atomic mass is 79.9. The van der Waals surface area contributed by atoms with Gasteiger partial charge in [-0.1, -0.05) is 45.4 Å². The van der Waals surface area contributed by atoms with Crippen molar-refractivity contribution in [1.82, 2.24) is 0 Å². The molecule has 0 aliphatic carbocycles. The van der Waals surface area contributed by atoms with Crippen molar-refractivity contribution in [3.05, 3.63) is 64.1 Å². The summed E-state index contributed by atoms with van der Waals surface area (Å²) in [5, 5.41) is 3.64. The van der Waals surface area contributed by atoms with E-state index in [-0.39, 0.29) is 12.4 Å². The highest BCUT2D eigenvalue weighted by molar-refractivity contribution is 9.10. The molecule has 2 aromatic rings. The summed E-state index contributed by atoms with van der Waals surface area (Å²) in [6.45, 7) is 0.0125. The fraction of sp³-hybridized carbons (Fsp3) is 0.133. The van der Waals surface area contributed by atoms with Crippen molar-refractivity contribution in [1.29, 1.82) is 0 Å². The Hall–Kier alpha value is -2.02. The van der Waals surface area contributed by atoms with Crippen LogP contribution >= 0.6 is 15.9 Å². The van der Waals surface area contributed by atoms with Crippen LogP contribution in [0.4, 0.5) is 13.2 Å². The highest BCUT2D eigenvalue weighted by Gasteiger charge is 2.31. The maximum Gasteiger partial charge on any atom is 0.573 e. The normalized spacial score (nSPS) is 11.6. The van der Waals surface area contributed by atoms with Crippen molar-refractivity contribution in [3.63, 3.8) is 0 Å². The molecule has 0 aliphatic heterocycles. The lowest BCUT2D eigenvalue weighted by Gasteiger charge is -2.09. The van der Waals surface area contributed by atoms with E-state index in [2.05, 4.69) is 32.0 Å². The number of halogens is 4. The van der Waals surface area contributed by atoms with E-state index in [1.807, 2.05) is 12.1 Å². The number of benzene rings is 2. The second-order valence-electron chi connectivity index (χ2n) is 4.18. The van der Waals surface area contributed by atoms with Gasteiger partial charge in [0.15, 0.2) is 0 Å². The molecule has 0 aliphatic rings. The fourth-order valence-corrected chi connectivity index (χ4v) is 1.81. The van der Waals surface area contributed by atoms with Crippen LogP contribution in [0.5, 0.6) is 5.75 Å². The zero-order valence-electron chi connectivity index (χ0n) is 11.1. The fourth-order valence-electron chi connectivity index (χ4n) is 1.55. The van der Waals surface area contributed by atoms with Gasteiger partial charge in [-0.15, -0.1) is 13.2 Å². The molecular weight excluding hydrogens is 363 g/mol. The van der Waals surface area contributed by atoms with Crippen molar-refractivity contribution < 1.29 is 22.7 Å². The highest BCUT2D eigenvalue weighted by Crippen LogP contribution is 2.23. The van der Waals surface area contributed by atoms with Gasteiger partial charge in [-0.05, 0) is 29.8 Å². The van der Waals surface area contributed by atoms with Gasteiger partial charge < -0.3 is 9.57 Å². The van der Waals surface area contributed by atoms with Crippen LogP contribution in [-0.4, -0.2) is 12.6 Å². The first-order chi connectivity index (χ1) is 10.4. The molecule has 3 nitrogen and oxygen atoms in total. The van der Waals surface area contributed by atoms with Crippen molar-refractivity contribution in [2.45, 2.75) is 13.0 Å². The van der Waals surface area contributed by atoms with Crippen LogP contribution in [0.2, 0.25) is 0 Å². The molecule has 0 spiro atoms. The number of alkyl halides is 3. The zero-order valence-corrected chi connectivity index (χ0v) is 12.7. The van der Waals surface area contributed by atoms with E-state index in [1.165, 1.54) is 18.2 Å². The summed E-state index contributed by atoms with van der Waals surface area (Å²) in [7, 11) is 0. The predicted octanol–water partition coefficient (Wildman–Crippen LogP) is 4.78. The van der Waals surface area contributed by atoms with E-state index in [0.717, 1.165) is 10.0 Å². The zero-order chi connectivity index (χ0) is 16.0. The summed E-state index contributed by atoms with van der Waals surface area (Å²) in [6, 6.07) is 12.7. The Morgan fingerprint density at radius 2 is 1.82 bits per heavy atom. The summed E-state index contributed by atoms with van der Waals surface area (Å²) in [4.78, 5) is 5.00. The number of ether oxygens (including phenoxy) is 1. The molecule has 0 N–H and O–H groups in total. The van der Waals surface area contributed by atoms with Gasteiger partial charge in [0.25, 0.3) is 0 Å². The number of hydrogen-bond acceptors (Lipinski definition) is 3. The van der Waals surface area contributed by atoms with E-state index in [1.54, 1.807) is 18.2 Å². The lowest BCUT2D eigenvalue weighted by molar-refractivity contribution is -0.274. The third-order valence-electron chi connectivity index (χ3n) is 2.45. The molecule has 0 bridgehead atoms. The van der Waals surface area contributed by atoms with E-state index in [4.69, 9.17) is 4.84 Å². The largest absolute Gasteiger partial charge is 0.573 e. The maximum atomic E-state index is 12.1. The monoisotopic (exact) mass is 372 g/mol. The maximum absolute atomic E-state index is 12.1. The summed E-state index contributed by atoms with van der Waals surface area (Å²) in [5.74, 6) is -0.297. The summed E-state index contributed by atoms with van der Waals surface area (Å²) < 4.78 is 41.1. The first kappa shape index (κ1) is 16.4. The van der Waals surface area contributed by atoms with Crippen LogP contribution in [0.25, 0.3) is 0 Å². The molecule has 2 aromatic carbocycles. The van der Waals surface area contributed by atoms with Gasteiger partial charge in [0.05, 0.1) is 0 Å². The van der Waals surface area contributed by atoms with Gasteiger partial charge >= 0.3 is 6.36 Å². The van der Waals surface area contributed by atoms with Crippen LogP contribution < -0.4 is 4.74 Å². The Balaban J connectivity index is 1.89. The smallest absolute Gasteiger partial charge is 0.406 e. The van der Waals surface area contributed by atoms with Gasteiger partial charge in [-0.3, -0.25) is 0 Å². The van der Waals surface area contributed by atoms with Crippen LogP contribution in [0.3, 0.4) is 0 Å². The summed E-state index contributed by atoms with van der Waals surface area (Å²) in [6.07, 6.45) is -2.05. The first-order valence-electron chi connectivity index (χ1n) is 6.11. The van der Waals surface area contributed by atoms with Crippen molar-refractivity contribution in [2.75, 3.05) is 0 Å². The molecule has 0 fully saturated rings. The second-order valence-corrected chi connectivity index (χ2v) is 5.09. The van der Waals surface area contributed by atoms with Crippen LogP contribution in [0, 0.1) is 0 Å². The van der Waals surface area contributed by atoms with Crippen molar-refractivity contribution in [3.8, 4) is 5.75 Å². The molecule has 0 saturated carbocycles. The van der Waals surface area contributed by atoms with Crippen molar-refractivity contribution >= 4 is 22.1 Å². The van der Waals surface area contributed by atoms with Gasteiger partial charge in [-0.2, -0.15) is 0 Å². The Morgan fingerprint density at radius 3 is 2.50 bits per heavy atom. The standard InChI is InChI=1S/C15H10BrF3NO2/c16-13-6-4-11(5-7-13)9-20-21-10-12-2-1-3-14(8-12)22-15(17,18)19/h1-8H,10H2. The van der Waals surface area contributed by atoms with Gasteiger partial charge in [-0.25, -0.2) is 0 Å². The SMILES string of the molecule is FC(F)(F)Oc1cccc(CO/N=[C]\c2ccc(Br)cc2)c1. The molecule has 0 aromatic heterocycles. The number of rotatable bonds is 5. The van der Waals surface area contributed by atoms with Crippen LogP contribution in [0.1, 0.15) is 11.1 Å². The molecule has 0 saturated heterocycles. The van der Waals surface area contributed by atoms with Gasteiger partial charge in [0.2, 0.25) is 0 Å². The molecule has 115 valence electrons. The topological polar surface area (TPSA) is 30.8 Å². The number of hydrogen-bond donors (Lipinski definition) is 0. The summed E-state index contributed by atoms with van der Waals surface area (Å²) >= 11 is 3.30. The molecule has 0 unspecified atom stereocenters. The Morgan fingerprint density at radius 1 is 1.09 bits per heavy atom. The minimum Gasteiger partial charge on any atom is -0.406 e. The Kier molecular flexibility index (Phi) is 5.43. The third kappa shape index (κ3) is 5.77. The predicted molar refractivity (Wildman–Crippen MR) is 78.6 cm³/mol. The average molecular weight is 373 g/mol. The molecule has 0 amide bonds. The molecule has 1 radical (unpaired) electrons. The Labute approximate surface area is 133 Å². The van der Waals surface area contributed by atoms with Gasteiger partial charge in [0, 0.05) is 10.0 Å². The quantitative estimate of drug-likeness (QED) is 0.558. The molecular formula is C15H10BrF3NO2.